The van der Waals surface area contributed by atoms with E-state index < -0.39 is 9.84 Å². The van der Waals surface area contributed by atoms with Crippen LogP contribution in [0.15, 0.2) is 11.1 Å². The highest BCUT2D eigenvalue weighted by molar-refractivity contribution is 7.90. The highest BCUT2D eigenvalue weighted by Crippen LogP contribution is 2.14. The Morgan fingerprint density at radius 3 is 2.36 bits per heavy atom. The predicted molar refractivity (Wildman–Crippen MR) is 53.6 cm³/mol. The maximum Gasteiger partial charge on any atom is 0.192 e. The van der Waals surface area contributed by atoms with Crippen LogP contribution in [0.4, 0.5) is 5.82 Å². The van der Waals surface area contributed by atoms with E-state index in [0.29, 0.717) is 5.82 Å². The van der Waals surface area contributed by atoms with Crippen LogP contribution in [-0.4, -0.2) is 24.6 Å². The van der Waals surface area contributed by atoms with Crippen molar-refractivity contribution in [2.45, 2.75) is 24.8 Å². The number of hydrogen-bond acceptors (Lipinski definition) is 5. The highest BCUT2D eigenvalue weighted by Gasteiger charge is 2.13. The Morgan fingerprint density at radius 2 is 1.93 bits per heavy atom. The van der Waals surface area contributed by atoms with Crippen molar-refractivity contribution in [3.05, 3.63) is 11.9 Å². The van der Waals surface area contributed by atoms with E-state index in [9.17, 15) is 8.42 Å². The zero-order chi connectivity index (χ0) is 10.9. The third-order valence-corrected chi connectivity index (χ3v) is 2.60. The molecule has 6 heteroatoms. The Morgan fingerprint density at radius 1 is 1.36 bits per heavy atom. The van der Waals surface area contributed by atoms with Crippen LogP contribution in [0.5, 0.6) is 0 Å². The molecular formula is C8H13N3O2S. The van der Waals surface area contributed by atoms with Gasteiger partial charge in [0, 0.05) is 18.2 Å². The van der Waals surface area contributed by atoms with Crippen molar-refractivity contribution in [2.75, 3.05) is 12.0 Å². The Balaban J connectivity index is 3.35. The number of nitrogen functional groups attached to an aromatic ring is 1. The van der Waals surface area contributed by atoms with Gasteiger partial charge in [0.05, 0.1) is 0 Å². The first-order valence-electron chi connectivity index (χ1n) is 4.15. The van der Waals surface area contributed by atoms with Crippen LogP contribution in [0.2, 0.25) is 0 Å². The summed E-state index contributed by atoms with van der Waals surface area (Å²) < 4.78 is 22.4. The van der Waals surface area contributed by atoms with E-state index >= 15 is 0 Å². The van der Waals surface area contributed by atoms with Gasteiger partial charge in [-0.2, -0.15) is 0 Å². The second-order valence-electron chi connectivity index (χ2n) is 3.42. The first-order valence-corrected chi connectivity index (χ1v) is 6.04. The van der Waals surface area contributed by atoms with E-state index in [0.717, 1.165) is 6.26 Å². The van der Waals surface area contributed by atoms with E-state index in [1.54, 1.807) is 0 Å². The van der Waals surface area contributed by atoms with Crippen molar-refractivity contribution < 1.29 is 8.42 Å². The van der Waals surface area contributed by atoms with Gasteiger partial charge in [0.2, 0.25) is 0 Å². The van der Waals surface area contributed by atoms with E-state index in [1.165, 1.54) is 6.07 Å². The minimum atomic E-state index is -3.31. The summed E-state index contributed by atoms with van der Waals surface area (Å²) in [5.41, 5.74) is 5.48. The number of nitrogens with two attached hydrogens (primary N) is 1. The summed E-state index contributed by atoms with van der Waals surface area (Å²) in [5.74, 6) is 0.688. The first-order chi connectivity index (χ1) is 6.30. The molecule has 0 atom stereocenters. The molecule has 0 radical (unpaired) electrons. The van der Waals surface area contributed by atoms with Gasteiger partial charge in [-0.15, -0.1) is 0 Å². The lowest BCUT2D eigenvalue weighted by Crippen LogP contribution is -2.08. The number of hydrogen-bond donors (Lipinski definition) is 1. The quantitative estimate of drug-likeness (QED) is 0.729. The minimum Gasteiger partial charge on any atom is -0.384 e. The molecule has 1 heterocycles. The second-order valence-corrected chi connectivity index (χ2v) is 5.38. The van der Waals surface area contributed by atoms with Gasteiger partial charge in [-0.05, 0) is 0 Å². The first kappa shape index (κ1) is 10.9. The van der Waals surface area contributed by atoms with Crippen LogP contribution in [-0.2, 0) is 9.84 Å². The molecule has 0 spiro atoms. The lowest BCUT2D eigenvalue weighted by atomic mass is 10.2. The Hall–Kier alpha value is -1.17. The summed E-state index contributed by atoms with van der Waals surface area (Å²) >= 11 is 0. The number of rotatable bonds is 2. The van der Waals surface area contributed by atoms with Gasteiger partial charge in [-0.3, -0.25) is 0 Å². The molecular weight excluding hydrogens is 202 g/mol. The highest BCUT2D eigenvalue weighted by atomic mass is 32.2. The summed E-state index contributed by atoms with van der Waals surface area (Å²) in [6.07, 6.45) is 1.10. The molecule has 1 aromatic heterocycles. The third kappa shape index (κ3) is 2.41. The molecule has 1 aromatic rings. The van der Waals surface area contributed by atoms with Gasteiger partial charge in [-0.1, -0.05) is 13.8 Å². The average Bonchev–Trinajstić information content (AvgIpc) is 2.01. The van der Waals surface area contributed by atoms with E-state index in [1.807, 2.05) is 13.8 Å². The van der Waals surface area contributed by atoms with Gasteiger partial charge in [0.25, 0.3) is 0 Å². The van der Waals surface area contributed by atoms with Crippen molar-refractivity contribution in [1.29, 1.82) is 0 Å². The molecule has 0 aliphatic rings. The SMILES string of the molecule is CC(C)c1nc(N)cc(S(C)(=O)=O)n1. The van der Waals surface area contributed by atoms with E-state index in [4.69, 9.17) is 5.73 Å². The van der Waals surface area contributed by atoms with Gasteiger partial charge >= 0.3 is 0 Å². The third-order valence-electron chi connectivity index (χ3n) is 1.64. The monoisotopic (exact) mass is 215 g/mol. The van der Waals surface area contributed by atoms with Crippen LogP contribution < -0.4 is 5.73 Å². The Bertz CT molecular complexity index is 440. The summed E-state index contributed by atoms with van der Waals surface area (Å²) in [5, 5.41) is -0.0197. The van der Waals surface area contributed by atoms with Crippen LogP contribution >= 0.6 is 0 Å². The topological polar surface area (TPSA) is 85.9 Å². The lowest BCUT2D eigenvalue weighted by Gasteiger charge is -2.06. The van der Waals surface area contributed by atoms with Crippen molar-refractivity contribution in [3.8, 4) is 0 Å². The predicted octanol–water partition coefficient (Wildman–Crippen LogP) is 0.586. The van der Waals surface area contributed by atoms with E-state index in [-0.39, 0.29) is 16.8 Å². The normalized spacial score (nSPS) is 12.0. The van der Waals surface area contributed by atoms with Crippen molar-refractivity contribution >= 4 is 15.7 Å². The standard InChI is InChI=1S/C8H13N3O2S/c1-5(2)8-10-6(9)4-7(11-8)14(3,12)13/h4-5H,1-3H3,(H2,9,10,11). The molecule has 0 aliphatic carbocycles. The molecule has 1 rings (SSSR count). The fraction of sp³-hybridized carbons (Fsp3) is 0.500. The Labute approximate surface area is 83.3 Å². The summed E-state index contributed by atoms with van der Waals surface area (Å²) in [7, 11) is -3.31. The lowest BCUT2D eigenvalue weighted by molar-refractivity contribution is 0.595. The van der Waals surface area contributed by atoms with Crippen molar-refractivity contribution in [1.82, 2.24) is 9.97 Å². The minimum absolute atomic E-state index is 0.0197. The zero-order valence-electron chi connectivity index (χ0n) is 8.35. The fourth-order valence-electron chi connectivity index (χ4n) is 0.909. The fourth-order valence-corrected chi connectivity index (χ4v) is 1.50. The maximum absolute atomic E-state index is 11.2. The molecule has 0 aliphatic heterocycles. The number of aromatic nitrogens is 2. The van der Waals surface area contributed by atoms with Crippen LogP contribution in [0.3, 0.4) is 0 Å². The zero-order valence-corrected chi connectivity index (χ0v) is 9.17. The second kappa shape index (κ2) is 3.53. The molecule has 14 heavy (non-hydrogen) atoms. The molecule has 5 nitrogen and oxygen atoms in total. The molecule has 78 valence electrons. The molecule has 0 bridgehead atoms. The number of nitrogens with zero attached hydrogens (tertiary/aromatic N) is 2. The van der Waals surface area contributed by atoms with Crippen LogP contribution in [0, 0.1) is 0 Å². The van der Waals surface area contributed by atoms with Gasteiger partial charge in [-0.25, -0.2) is 18.4 Å². The average molecular weight is 215 g/mol. The molecule has 0 saturated carbocycles. The molecule has 2 N–H and O–H groups in total. The van der Waals surface area contributed by atoms with Gasteiger partial charge in [0.1, 0.15) is 11.6 Å². The smallest absolute Gasteiger partial charge is 0.192 e. The number of sulfone groups is 1. The van der Waals surface area contributed by atoms with Gasteiger partial charge < -0.3 is 5.73 Å². The molecule has 0 amide bonds. The molecule has 0 saturated heterocycles. The van der Waals surface area contributed by atoms with Crippen LogP contribution in [0.1, 0.15) is 25.6 Å². The molecule has 0 fully saturated rings. The number of anilines is 1. The molecule has 0 unspecified atom stereocenters. The molecule has 0 aromatic carbocycles. The summed E-state index contributed by atoms with van der Waals surface area (Å²) in [6.45, 7) is 3.75. The Kier molecular flexibility index (Phi) is 2.75. The van der Waals surface area contributed by atoms with Crippen molar-refractivity contribution in [3.63, 3.8) is 0 Å². The van der Waals surface area contributed by atoms with Crippen molar-refractivity contribution in [2.24, 2.45) is 0 Å². The van der Waals surface area contributed by atoms with E-state index in [2.05, 4.69) is 9.97 Å². The maximum atomic E-state index is 11.2. The largest absolute Gasteiger partial charge is 0.384 e. The van der Waals surface area contributed by atoms with Gasteiger partial charge in [0.15, 0.2) is 14.9 Å². The summed E-state index contributed by atoms with van der Waals surface area (Å²) in [4.78, 5) is 7.87. The van der Waals surface area contributed by atoms with Crippen LogP contribution in [0.25, 0.3) is 0 Å². The summed E-state index contributed by atoms with van der Waals surface area (Å²) in [6, 6.07) is 1.27.